The smallest absolute Gasteiger partial charge is 0.230 e. The minimum absolute atomic E-state index is 0.214. The Labute approximate surface area is 139 Å². The van der Waals surface area contributed by atoms with Crippen molar-refractivity contribution >= 4 is 17.6 Å². The predicted molar refractivity (Wildman–Crippen MR) is 85.4 cm³/mol. The number of nitrogens with one attached hydrogen (secondary N) is 1. The molecule has 0 unspecified atom stereocenters. The Morgan fingerprint density at radius 2 is 1.75 bits per heavy atom. The van der Waals surface area contributed by atoms with Crippen molar-refractivity contribution in [2.45, 2.75) is 18.9 Å². The molecule has 0 bridgehead atoms. The van der Waals surface area contributed by atoms with Crippen LogP contribution in [-0.2, 0) is 16.0 Å². The molecule has 0 fully saturated rings. The number of anilines is 1. The summed E-state index contributed by atoms with van der Waals surface area (Å²) in [6, 6.07) is 14.0. The molecule has 0 aromatic heterocycles. The van der Waals surface area contributed by atoms with Crippen LogP contribution in [-0.4, -0.2) is 24.5 Å². The second-order valence-electron chi connectivity index (χ2n) is 5.44. The molecule has 6 heteroatoms. The fourth-order valence-corrected chi connectivity index (χ4v) is 2.30. The van der Waals surface area contributed by atoms with Crippen molar-refractivity contribution in [1.82, 2.24) is 0 Å². The number of aliphatic carboxylic acids is 1. The number of quaternary nitrogens is 1. The van der Waals surface area contributed by atoms with E-state index in [1.54, 1.807) is 5.32 Å². The lowest BCUT2D eigenvalue weighted by atomic mass is 10.1. The average molecular weight is 330 g/mol. The largest absolute Gasteiger partial charge is 0.544 e. The summed E-state index contributed by atoms with van der Waals surface area (Å²) in [5, 5.41) is 15.3. The lowest BCUT2D eigenvalue weighted by Crippen LogP contribution is -2.93. The molecular formula is C18H19FN2O3. The van der Waals surface area contributed by atoms with Crippen LogP contribution in [0.2, 0.25) is 0 Å². The lowest BCUT2D eigenvalue weighted by molar-refractivity contribution is -0.682. The first-order chi connectivity index (χ1) is 11.5. The summed E-state index contributed by atoms with van der Waals surface area (Å²) in [5.41, 5.74) is 1.52. The molecule has 2 aromatic rings. The molecule has 1 atom stereocenters. The van der Waals surface area contributed by atoms with Gasteiger partial charge >= 0.3 is 0 Å². The lowest BCUT2D eigenvalue weighted by Gasteiger charge is -2.16. The molecule has 126 valence electrons. The van der Waals surface area contributed by atoms with E-state index in [4.69, 9.17) is 0 Å². The monoisotopic (exact) mass is 330 g/mol. The topological polar surface area (TPSA) is 85.8 Å². The number of carbonyl (C=O) groups is 2. The van der Waals surface area contributed by atoms with Crippen molar-refractivity contribution in [3.63, 3.8) is 0 Å². The number of benzene rings is 2. The molecule has 0 aliphatic heterocycles. The van der Waals surface area contributed by atoms with E-state index in [9.17, 15) is 19.1 Å². The van der Waals surface area contributed by atoms with Gasteiger partial charge in [-0.15, -0.1) is 0 Å². The quantitative estimate of drug-likeness (QED) is 0.719. The first kappa shape index (κ1) is 17.6. The van der Waals surface area contributed by atoms with Gasteiger partial charge in [-0.3, -0.25) is 4.79 Å². The Kier molecular flexibility index (Phi) is 6.45. The van der Waals surface area contributed by atoms with Crippen LogP contribution in [0.1, 0.15) is 12.0 Å². The molecule has 0 aliphatic carbocycles. The highest BCUT2D eigenvalue weighted by Gasteiger charge is 2.18. The average Bonchev–Trinajstić information content (AvgIpc) is 2.57. The van der Waals surface area contributed by atoms with Crippen LogP contribution in [0.25, 0.3) is 0 Å². The van der Waals surface area contributed by atoms with E-state index < -0.39 is 23.7 Å². The van der Waals surface area contributed by atoms with Gasteiger partial charge in [-0.05, 0) is 29.8 Å². The second kappa shape index (κ2) is 8.79. The molecular weight excluding hydrogens is 311 g/mol. The third-order valence-electron chi connectivity index (χ3n) is 3.56. The number of amides is 1. The van der Waals surface area contributed by atoms with Gasteiger partial charge in [0.05, 0.1) is 18.9 Å². The predicted octanol–water partition coefficient (Wildman–Crippen LogP) is 0.0789. The molecule has 3 N–H and O–H groups in total. The third kappa shape index (κ3) is 5.81. The van der Waals surface area contributed by atoms with Gasteiger partial charge in [-0.2, -0.15) is 0 Å². The number of halogens is 1. The Hall–Kier alpha value is -2.73. The SMILES string of the molecule is O=C(C[C@H]([NH2+]CCc1ccccc1)C(=O)[O-])Nc1ccc(F)cc1. The van der Waals surface area contributed by atoms with Gasteiger partial charge in [0.25, 0.3) is 0 Å². The van der Waals surface area contributed by atoms with Crippen LogP contribution in [0.15, 0.2) is 54.6 Å². The Morgan fingerprint density at radius 3 is 2.38 bits per heavy atom. The molecule has 0 heterocycles. The maximum Gasteiger partial charge on any atom is 0.230 e. The summed E-state index contributed by atoms with van der Waals surface area (Å²) < 4.78 is 12.8. The maximum absolute atomic E-state index is 12.8. The number of carboxylic acid groups (broad SMARTS) is 1. The molecule has 2 rings (SSSR count). The van der Waals surface area contributed by atoms with Crippen molar-refractivity contribution in [2.75, 3.05) is 11.9 Å². The van der Waals surface area contributed by atoms with E-state index >= 15 is 0 Å². The molecule has 1 amide bonds. The van der Waals surface area contributed by atoms with Crippen LogP contribution >= 0.6 is 0 Å². The second-order valence-corrected chi connectivity index (χ2v) is 5.44. The van der Waals surface area contributed by atoms with E-state index in [2.05, 4.69) is 5.32 Å². The van der Waals surface area contributed by atoms with E-state index in [0.29, 0.717) is 18.7 Å². The number of nitrogens with two attached hydrogens (primary N) is 1. The zero-order valence-electron chi connectivity index (χ0n) is 13.1. The fourth-order valence-electron chi connectivity index (χ4n) is 2.30. The van der Waals surface area contributed by atoms with Crippen LogP contribution in [0, 0.1) is 5.82 Å². The molecule has 0 aliphatic rings. The first-order valence-electron chi connectivity index (χ1n) is 7.68. The maximum atomic E-state index is 12.8. The molecule has 0 radical (unpaired) electrons. The number of rotatable bonds is 8. The van der Waals surface area contributed by atoms with E-state index in [1.807, 2.05) is 30.3 Å². The minimum Gasteiger partial charge on any atom is -0.544 e. The Bertz CT molecular complexity index is 674. The summed E-state index contributed by atoms with van der Waals surface area (Å²) in [7, 11) is 0. The normalized spacial score (nSPS) is 11.7. The van der Waals surface area contributed by atoms with Gasteiger partial charge in [0.1, 0.15) is 11.9 Å². The van der Waals surface area contributed by atoms with E-state index in [-0.39, 0.29) is 6.42 Å². The molecule has 2 aromatic carbocycles. The van der Waals surface area contributed by atoms with Crippen molar-refractivity contribution < 1.29 is 24.4 Å². The van der Waals surface area contributed by atoms with E-state index in [1.165, 1.54) is 24.3 Å². The zero-order chi connectivity index (χ0) is 17.4. The van der Waals surface area contributed by atoms with Crippen LogP contribution in [0.5, 0.6) is 0 Å². The summed E-state index contributed by atoms with van der Waals surface area (Å²) in [6.07, 6.45) is 0.485. The summed E-state index contributed by atoms with van der Waals surface area (Å²) in [5.74, 6) is -2.14. The highest BCUT2D eigenvalue weighted by atomic mass is 19.1. The number of carbonyl (C=O) groups excluding carboxylic acids is 2. The van der Waals surface area contributed by atoms with Crippen LogP contribution in [0.3, 0.4) is 0 Å². The highest BCUT2D eigenvalue weighted by Crippen LogP contribution is 2.08. The summed E-state index contributed by atoms with van der Waals surface area (Å²) >= 11 is 0. The van der Waals surface area contributed by atoms with Gasteiger partial charge in [-0.1, -0.05) is 30.3 Å². The van der Waals surface area contributed by atoms with Gasteiger partial charge in [-0.25, -0.2) is 4.39 Å². The van der Waals surface area contributed by atoms with Gasteiger partial charge in [0.2, 0.25) is 5.91 Å². The summed E-state index contributed by atoms with van der Waals surface area (Å²) in [6.45, 7) is 0.534. The third-order valence-corrected chi connectivity index (χ3v) is 3.56. The Balaban J connectivity index is 1.82. The molecule has 5 nitrogen and oxygen atoms in total. The van der Waals surface area contributed by atoms with Crippen molar-refractivity contribution in [3.8, 4) is 0 Å². The van der Waals surface area contributed by atoms with Crippen molar-refractivity contribution in [1.29, 1.82) is 0 Å². The van der Waals surface area contributed by atoms with Crippen molar-refractivity contribution in [2.24, 2.45) is 0 Å². The number of hydrogen-bond donors (Lipinski definition) is 2. The van der Waals surface area contributed by atoms with Crippen molar-refractivity contribution in [3.05, 3.63) is 66.0 Å². The zero-order valence-corrected chi connectivity index (χ0v) is 13.1. The molecule has 0 saturated heterocycles. The van der Waals surface area contributed by atoms with Crippen LogP contribution in [0.4, 0.5) is 10.1 Å². The van der Waals surface area contributed by atoms with Gasteiger partial charge in [0, 0.05) is 12.1 Å². The molecule has 0 saturated carbocycles. The standard InChI is InChI=1S/C18H19FN2O3/c19-14-6-8-15(9-7-14)21-17(22)12-16(18(23)24)20-11-10-13-4-2-1-3-5-13/h1-9,16,20H,10-12H2,(H,21,22)(H,23,24)/t16-/m0/s1. The highest BCUT2D eigenvalue weighted by molar-refractivity contribution is 5.93. The first-order valence-corrected chi connectivity index (χ1v) is 7.68. The number of hydrogen-bond acceptors (Lipinski definition) is 3. The fraction of sp³-hybridized carbons (Fsp3) is 0.222. The Morgan fingerprint density at radius 1 is 1.08 bits per heavy atom. The van der Waals surface area contributed by atoms with Gasteiger partial charge < -0.3 is 20.5 Å². The minimum atomic E-state index is -1.28. The van der Waals surface area contributed by atoms with Crippen LogP contribution < -0.4 is 15.7 Å². The number of carboxylic acids is 1. The van der Waals surface area contributed by atoms with E-state index in [0.717, 1.165) is 5.56 Å². The summed E-state index contributed by atoms with van der Waals surface area (Å²) in [4.78, 5) is 23.1. The molecule has 24 heavy (non-hydrogen) atoms. The molecule has 0 spiro atoms. The van der Waals surface area contributed by atoms with Gasteiger partial charge in [0.15, 0.2) is 0 Å².